The van der Waals surface area contributed by atoms with Gasteiger partial charge < -0.3 is 14.8 Å². The molecule has 27 heavy (non-hydrogen) atoms. The largest absolute Gasteiger partial charge is 0.381 e. The third-order valence-electron chi connectivity index (χ3n) is 6.73. The monoisotopic (exact) mass is 372 g/mol. The molecule has 3 heterocycles. The number of benzene rings is 1. The van der Waals surface area contributed by atoms with Crippen LogP contribution in [0.3, 0.4) is 0 Å². The normalized spacial score (nSPS) is 26.7. The zero-order chi connectivity index (χ0) is 18.5. The molecular formula is C22H32N2O3. The van der Waals surface area contributed by atoms with Crippen LogP contribution in [0.25, 0.3) is 0 Å². The van der Waals surface area contributed by atoms with Crippen molar-refractivity contribution in [3.05, 3.63) is 35.9 Å². The van der Waals surface area contributed by atoms with Gasteiger partial charge in [0.05, 0.1) is 12.0 Å². The highest BCUT2D eigenvalue weighted by molar-refractivity contribution is 5.88. The lowest BCUT2D eigenvalue weighted by Crippen LogP contribution is -2.50. The van der Waals surface area contributed by atoms with E-state index < -0.39 is 5.41 Å². The summed E-state index contributed by atoms with van der Waals surface area (Å²) in [5.74, 6) is 0.767. The van der Waals surface area contributed by atoms with Gasteiger partial charge in [-0.2, -0.15) is 0 Å². The van der Waals surface area contributed by atoms with E-state index >= 15 is 0 Å². The number of rotatable bonds is 5. The van der Waals surface area contributed by atoms with Crippen LogP contribution in [0.5, 0.6) is 0 Å². The molecule has 1 N–H and O–H groups in total. The summed E-state index contributed by atoms with van der Waals surface area (Å²) in [6.07, 6.45) is 5.03. The highest BCUT2D eigenvalue weighted by Crippen LogP contribution is 2.35. The maximum atomic E-state index is 13.2. The molecule has 0 radical (unpaired) electrons. The number of likely N-dealkylation sites (tertiary alicyclic amines) is 1. The van der Waals surface area contributed by atoms with Gasteiger partial charge in [0.1, 0.15) is 0 Å². The van der Waals surface area contributed by atoms with Crippen LogP contribution in [0.2, 0.25) is 0 Å². The van der Waals surface area contributed by atoms with Gasteiger partial charge in [0.2, 0.25) is 5.91 Å². The smallest absolute Gasteiger partial charge is 0.230 e. The van der Waals surface area contributed by atoms with E-state index in [1.165, 1.54) is 6.42 Å². The number of carbonyl (C=O) groups is 1. The Hall–Kier alpha value is -1.43. The molecule has 1 atom stereocenters. The molecule has 0 spiro atoms. The van der Waals surface area contributed by atoms with E-state index in [-0.39, 0.29) is 5.91 Å². The SMILES string of the molecule is O=C(NCC1CCN([C@H]2CCOC2)CC1)C1(c2ccccc2)CCOCC1. The summed E-state index contributed by atoms with van der Waals surface area (Å²) in [7, 11) is 0. The summed E-state index contributed by atoms with van der Waals surface area (Å²) in [5, 5.41) is 3.31. The maximum absolute atomic E-state index is 13.2. The van der Waals surface area contributed by atoms with Crippen molar-refractivity contribution in [1.82, 2.24) is 10.2 Å². The number of hydrogen-bond acceptors (Lipinski definition) is 4. The molecule has 5 heteroatoms. The first kappa shape index (κ1) is 18.9. The molecule has 0 saturated carbocycles. The molecule has 0 aromatic heterocycles. The highest BCUT2D eigenvalue weighted by atomic mass is 16.5. The van der Waals surface area contributed by atoms with E-state index in [1.807, 2.05) is 18.2 Å². The second kappa shape index (κ2) is 8.72. The number of amides is 1. The molecule has 5 nitrogen and oxygen atoms in total. The standard InChI is InChI=1S/C22H32N2O3/c25-21(22(9-14-26-15-10-22)19-4-2-1-3-5-19)23-16-18-6-11-24(12-7-18)20-8-13-27-17-20/h1-5,18,20H,6-17H2,(H,23,25)/t20-/m0/s1. The fraction of sp³-hybridized carbons (Fsp3) is 0.682. The number of hydrogen-bond donors (Lipinski definition) is 1. The summed E-state index contributed by atoms with van der Waals surface area (Å²) in [5.41, 5.74) is 0.698. The lowest BCUT2D eigenvalue weighted by atomic mass is 9.73. The van der Waals surface area contributed by atoms with Gasteiger partial charge in [0.25, 0.3) is 0 Å². The van der Waals surface area contributed by atoms with Gasteiger partial charge >= 0.3 is 0 Å². The summed E-state index contributed by atoms with van der Waals surface area (Å²) < 4.78 is 11.1. The van der Waals surface area contributed by atoms with Gasteiger partial charge in [0, 0.05) is 32.4 Å². The quantitative estimate of drug-likeness (QED) is 0.862. The predicted molar refractivity (Wildman–Crippen MR) is 105 cm³/mol. The molecular weight excluding hydrogens is 340 g/mol. The van der Waals surface area contributed by atoms with Crippen molar-refractivity contribution in [2.45, 2.75) is 43.6 Å². The third kappa shape index (κ3) is 4.20. The van der Waals surface area contributed by atoms with Gasteiger partial charge in [-0.1, -0.05) is 30.3 Å². The summed E-state index contributed by atoms with van der Waals surface area (Å²) in [4.78, 5) is 15.8. The fourth-order valence-corrected chi connectivity index (χ4v) is 4.86. The van der Waals surface area contributed by atoms with Crippen molar-refractivity contribution < 1.29 is 14.3 Å². The van der Waals surface area contributed by atoms with Crippen LogP contribution in [0.15, 0.2) is 30.3 Å². The van der Waals surface area contributed by atoms with Gasteiger partial charge in [0.15, 0.2) is 0 Å². The summed E-state index contributed by atoms with van der Waals surface area (Å²) in [6, 6.07) is 10.9. The minimum atomic E-state index is -0.429. The van der Waals surface area contributed by atoms with E-state index in [9.17, 15) is 4.79 Å². The average Bonchev–Trinajstić information content (AvgIpc) is 3.28. The molecule has 0 bridgehead atoms. The Labute approximate surface area is 162 Å². The predicted octanol–water partition coefficient (Wildman–Crippen LogP) is 2.35. The Morgan fingerprint density at radius 2 is 1.78 bits per heavy atom. The lowest BCUT2D eigenvalue weighted by molar-refractivity contribution is -0.130. The number of carbonyl (C=O) groups excluding carboxylic acids is 1. The van der Waals surface area contributed by atoms with Gasteiger partial charge in [-0.05, 0) is 56.7 Å². The molecule has 3 aliphatic rings. The zero-order valence-corrected chi connectivity index (χ0v) is 16.2. The van der Waals surface area contributed by atoms with Crippen molar-refractivity contribution >= 4 is 5.91 Å². The first-order valence-electron chi connectivity index (χ1n) is 10.5. The van der Waals surface area contributed by atoms with Gasteiger partial charge in [-0.3, -0.25) is 9.69 Å². The molecule has 3 fully saturated rings. The molecule has 4 rings (SSSR count). The molecule has 0 aliphatic carbocycles. The zero-order valence-electron chi connectivity index (χ0n) is 16.2. The molecule has 1 amide bonds. The summed E-state index contributed by atoms with van der Waals surface area (Å²) in [6.45, 7) is 6.17. The first-order valence-corrected chi connectivity index (χ1v) is 10.5. The minimum absolute atomic E-state index is 0.184. The average molecular weight is 373 g/mol. The summed E-state index contributed by atoms with van der Waals surface area (Å²) >= 11 is 0. The Kier molecular flexibility index (Phi) is 6.11. The van der Waals surface area contributed by atoms with Crippen molar-refractivity contribution in [1.29, 1.82) is 0 Å². The Morgan fingerprint density at radius 3 is 2.44 bits per heavy atom. The number of nitrogens with one attached hydrogen (secondary N) is 1. The molecule has 3 saturated heterocycles. The van der Waals surface area contributed by atoms with Crippen LogP contribution in [-0.2, 0) is 19.7 Å². The first-order chi connectivity index (χ1) is 13.3. The Balaban J connectivity index is 1.32. The fourth-order valence-electron chi connectivity index (χ4n) is 4.86. The van der Waals surface area contributed by atoms with Crippen molar-refractivity contribution in [2.24, 2.45) is 5.92 Å². The second-order valence-electron chi connectivity index (χ2n) is 8.27. The van der Waals surface area contributed by atoms with Gasteiger partial charge in [-0.25, -0.2) is 0 Å². The Bertz CT molecular complexity index is 601. The van der Waals surface area contributed by atoms with Crippen LogP contribution in [0.1, 0.15) is 37.7 Å². The maximum Gasteiger partial charge on any atom is 0.230 e. The minimum Gasteiger partial charge on any atom is -0.381 e. The van der Waals surface area contributed by atoms with Crippen molar-refractivity contribution in [3.8, 4) is 0 Å². The molecule has 1 aromatic rings. The number of nitrogens with zero attached hydrogens (tertiary/aromatic N) is 1. The molecule has 148 valence electrons. The molecule has 0 unspecified atom stereocenters. The van der Waals surface area contributed by atoms with Crippen molar-refractivity contribution in [3.63, 3.8) is 0 Å². The van der Waals surface area contributed by atoms with E-state index in [0.29, 0.717) is 25.2 Å². The van der Waals surface area contributed by atoms with Crippen LogP contribution >= 0.6 is 0 Å². The van der Waals surface area contributed by atoms with E-state index in [1.54, 1.807) is 0 Å². The van der Waals surface area contributed by atoms with Crippen molar-refractivity contribution in [2.75, 3.05) is 46.1 Å². The molecule has 3 aliphatic heterocycles. The van der Waals surface area contributed by atoms with Crippen LogP contribution in [0, 0.1) is 5.92 Å². The highest BCUT2D eigenvalue weighted by Gasteiger charge is 2.41. The Morgan fingerprint density at radius 1 is 1.04 bits per heavy atom. The third-order valence-corrected chi connectivity index (χ3v) is 6.73. The van der Waals surface area contributed by atoms with Crippen LogP contribution in [-0.4, -0.2) is 62.9 Å². The van der Waals surface area contributed by atoms with Crippen LogP contribution < -0.4 is 5.32 Å². The van der Waals surface area contributed by atoms with E-state index in [2.05, 4.69) is 22.3 Å². The lowest BCUT2D eigenvalue weighted by Gasteiger charge is -2.38. The van der Waals surface area contributed by atoms with Crippen LogP contribution in [0.4, 0.5) is 0 Å². The molecule has 1 aromatic carbocycles. The number of piperidine rings is 1. The topological polar surface area (TPSA) is 50.8 Å². The second-order valence-corrected chi connectivity index (χ2v) is 8.27. The van der Waals surface area contributed by atoms with Gasteiger partial charge in [-0.15, -0.1) is 0 Å². The number of ether oxygens (including phenoxy) is 2. The van der Waals surface area contributed by atoms with E-state index in [4.69, 9.17) is 9.47 Å². The van der Waals surface area contributed by atoms with E-state index in [0.717, 1.165) is 64.1 Å².